The summed E-state index contributed by atoms with van der Waals surface area (Å²) < 4.78 is 0. The summed E-state index contributed by atoms with van der Waals surface area (Å²) in [6.45, 7) is 6.36. The third kappa shape index (κ3) is 6.75. The minimum Gasteiger partial charge on any atom is -0.480 e. The summed E-state index contributed by atoms with van der Waals surface area (Å²) in [7, 11) is 0. The van der Waals surface area contributed by atoms with Crippen LogP contribution in [0.2, 0.25) is 0 Å². The molecule has 0 aromatic carbocycles. The van der Waals surface area contributed by atoms with E-state index in [0.717, 1.165) is 13.1 Å². The van der Waals surface area contributed by atoms with Crippen molar-refractivity contribution < 1.29 is 19.8 Å². The minimum absolute atomic E-state index is 0.436. The highest BCUT2D eigenvalue weighted by Crippen LogP contribution is 1.85. The van der Waals surface area contributed by atoms with Gasteiger partial charge in [-0.25, -0.2) is 9.59 Å². The van der Waals surface area contributed by atoms with Crippen molar-refractivity contribution in [1.29, 1.82) is 0 Å². The number of nitrogens with one attached hydrogen (secondary N) is 2. The smallest absolute Gasteiger partial charge is 0.328 e. The Labute approximate surface area is 101 Å². The van der Waals surface area contributed by atoms with Crippen molar-refractivity contribution in [3.63, 3.8) is 0 Å². The molecule has 7 nitrogen and oxygen atoms in total. The average Bonchev–Trinajstić information content (AvgIpc) is 2.31. The van der Waals surface area contributed by atoms with E-state index in [1.165, 1.54) is 0 Å². The van der Waals surface area contributed by atoms with Crippen LogP contribution in [0.4, 0.5) is 4.79 Å². The topological polar surface area (TPSA) is 102 Å². The number of carbonyl (C=O) groups is 2. The summed E-state index contributed by atoms with van der Waals surface area (Å²) >= 11 is 0. The maximum Gasteiger partial charge on any atom is 0.328 e. The standard InChI is InChI=1S/C10H21N3O4/c1-3-13(4-2)6-5-11-10(17)12-8(7-14)9(15)16/h8,14H,3-7H2,1-2H3,(H,15,16)(H2,11,12,17). The molecular formula is C10H21N3O4. The zero-order chi connectivity index (χ0) is 13.3. The van der Waals surface area contributed by atoms with E-state index in [0.29, 0.717) is 13.1 Å². The summed E-state index contributed by atoms with van der Waals surface area (Å²) in [5.41, 5.74) is 0. The lowest BCUT2D eigenvalue weighted by atomic mass is 10.3. The Kier molecular flexibility index (Phi) is 8.08. The van der Waals surface area contributed by atoms with Crippen molar-refractivity contribution >= 4 is 12.0 Å². The fourth-order valence-corrected chi connectivity index (χ4v) is 1.26. The number of urea groups is 1. The zero-order valence-corrected chi connectivity index (χ0v) is 10.3. The quantitative estimate of drug-likeness (QED) is 0.444. The second-order valence-electron chi connectivity index (χ2n) is 3.50. The molecule has 0 rings (SSSR count). The Morgan fingerprint density at radius 3 is 2.29 bits per heavy atom. The molecule has 0 aliphatic carbocycles. The van der Waals surface area contributed by atoms with E-state index in [2.05, 4.69) is 15.5 Å². The molecular weight excluding hydrogens is 226 g/mol. The van der Waals surface area contributed by atoms with Crippen LogP contribution in [-0.2, 0) is 4.79 Å². The molecule has 1 atom stereocenters. The van der Waals surface area contributed by atoms with E-state index in [9.17, 15) is 9.59 Å². The van der Waals surface area contributed by atoms with Crippen LogP contribution in [0.5, 0.6) is 0 Å². The Bertz CT molecular complexity index is 244. The van der Waals surface area contributed by atoms with Gasteiger partial charge >= 0.3 is 12.0 Å². The third-order valence-corrected chi connectivity index (χ3v) is 2.39. The minimum atomic E-state index is -1.26. The predicted molar refractivity (Wildman–Crippen MR) is 62.8 cm³/mol. The molecule has 0 bridgehead atoms. The molecule has 0 aromatic rings. The van der Waals surface area contributed by atoms with Gasteiger partial charge in [0.15, 0.2) is 6.04 Å². The first kappa shape index (κ1) is 15.7. The Hall–Kier alpha value is -1.34. The van der Waals surface area contributed by atoms with Gasteiger partial charge < -0.3 is 25.7 Å². The molecule has 0 fully saturated rings. The number of rotatable bonds is 8. The van der Waals surface area contributed by atoms with Gasteiger partial charge in [-0.2, -0.15) is 0 Å². The highest BCUT2D eigenvalue weighted by atomic mass is 16.4. The number of hydrogen-bond acceptors (Lipinski definition) is 4. The van der Waals surface area contributed by atoms with Gasteiger partial charge in [-0.3, -0.25) is 0 Å². The predicted octanol–water partition coefficient (Wildman–Crippen LogP) is -0.927. The molecule has 0 spiro atoms. The van der Waals surface area contributed by atoms with Gasteiger partial charge in [0.25, 0.3) is 0 Å². The van der Waals surface area contributed by atoms with Crippen molar-refractivity contribution in [3.8, 4) is 0 Å². The SMILES string of the molecule is CCN(CC)CCNC(=O)NC(CO)C(=O)O. The zero-order valence-electron chi connectivity index (χ0n) is 10.3. The number of carboxylic acid groups (broad SMARTS) is 1. The molecule has 0 saturated heterocycles. The lowest BCUT2D eigenvalue weighted by molar-refractivity contribution is -0.140. The number of aliphatic hydroxyl groups excluding tert-OH is 1. The third-order valence-electron chi connectivity index (χ3n) is 2.39. The second-order valence-corrected chi connectivity index (χ2v) is 3.50. The van der Waals surface area contributed by atoms with Crippen LogP contribution in [0, 0.1) is 0 Å². The van der Waals surface area contributed by atoms with E-state index in [1.807, 2.05) is 13.8 Å². The number of carbonyl (C=O) groups excluding carboxylic acids is 1. The molecule has 0 aliphatic heterocycles. The average molecular weight is 247 g/mol. The van der Waals surface area contributed by atoms with Crippen molar-refractivity contribution in [2.75, 3.05) is 32.8 Å². The molecule has 0 heterocycles. The molecule has 17 heavy (non-hydrogen) atoms. The van der Waals surface area contributed by atoms with Crippen LogP contribution >= 0.6 is 0 Å². The number of aliphatic carboxylic acids is 1. The van der Waals surface area contributed by atoms with Gasteiger partial charge in [-0.05, 0) is 13.1 Å². The first-order chi connectivity index (χ1) is 8.04. The summed E-state index contributed by atoms with van der Waals surface area (Å²) in [4.78, 5) is 23.9. The number of hydrogen-bond donors (Lipinski definition) is 4. The van der Waals surface area contributed by atoms with E-state index in [1.54, 1.807) is 0 Å². The molecule has 4 N–H and O–H groups in total. The molecule has 0 radical (unpaired) electrons. The van der Waals surface area contributed by atoms with Crippen molar-refractivity contribution in [3.05, 3.63) is 0 Å². The van der Waals surface area contributed by atoms with E-state index in [4.69, 9.17) is 10.2 Å². The first-order valence-corrected chi connectivity index (χ1v) is 5.65. The molecule has 1 unspecified atom stereocenters. The lowest BCUT2D eigenvalue weighted by Gasteiger charge is -2.18. The highest BCUT2D eigenvalue weighted by molar-refractivity contribution is 5.82. The Morgan fingerprint density at radius 1 is 1.29 bits per heavy atom. The van der Waals surface area contributed by atoms with Gasteiger partial charge in [0.2, 0.25) is 0 Å². The summed E-state index contributed by atoms with van der Waals surface area (Å²) in [6, 6.07) is -1.85. The van der Waals surface area contributed by atoms with Crippen LogP contribution in [0.3, 0.4) is 0 Å². The summed E-state index contributed by atoms with van der Waals surface area (Å²) in [5.74, 6) is -1.26. The van der Waals surface area contributed by atoms with Gasteiger partial charge in [0, 0.05) is 13.1 Å². The van der Waals surface area contributed by atoms with Crippen LogP contribution in [-0.4, -0.2) is 65.9 Å². The number of likely N-dealkylation sites (N-methyl/N-ethyl adjacent to an activating group) is 1. The van der Waals surface area contributed by atoms with Gasteiger partial charge in [0.1, 0.15) is 0 Å². The number of carboxylic acids is 1. The fourth-order valence-electron chi connectivity index (χ4n) is 1.26. The molecule has 0 saturated carbocycles. The normalized spacial score (nSPS) is 12.2. The second kappa shape index (κ2) is 8.77. The molecule has 100 valence electrons. The van der Waals surface area contributed by atoms with E-state index < -0.39 is 24.6 Å². The maximum absolute atomic E-state index is 11.3. The maximum atomic E-state index is 11.3. The van der Waals surface area contributed by atoms with Crippen molar-refractivity contribution in [1.82, 2.24) is 15.5 Å². The largest absolute Gasteiger partial charge is 0.480 e. The molecule has 0 aliphatic rings. The van der Waals surface area contributed by atoms with Gasteiger partial charge in [-0.15, -0.1) is 0 Å². The molecule has 7 heteroatoms. The Balaban J connectivity index is 3.83. The van der Waals surface area contributed by atoms with Gasteiger partial charge in [0.05, 0.1) is 6.61 Å². The summed E-state index contributed by atoms with van der Waals surface area (Å²) in [6.07, 6.45) is 0. The number of aliphatic hydroxyl groups is 1. The molecule has 2 amide bonds. The van der Waals surface area contributed by atoms with Crippen LogP contribution < -0.4 is 10.6 Å². The van der Waals surface area contributed by atoms with Crippen molar-refractivity contribution in [2.45, 2.75) is 19.9 Å². The number of nitrogens with zero attached hydrogens (tertiary/aromatic N) is 1. The number of amides is 2. The van der Waals surface area contributed by atoms with Crippen LogP contribution in [0.15, 0.2) is 0 Å². The van der Waals surface area contributed by atoms with E-state index in [-0.39, 0.29) is 0 Å². The first-order valence-electron chi connectivity index (χ1n) is 5.65. The monoisotopic (exact) mass is 247 g/mol. The summed E-state index contributed by atoms with van der Waals surface area (Å²) in [5, 5.41) is 22.0. The lowest BCUT2D eigenvalue weighted by Crippen LogP contribution is -2.49. The Morgan fingerprint density at radius 2 is 1.88 bits per heavy atom. The molecule has 0 aromatic heterocycles. The highest BCUT2D eigenvalue weighted by Gasteiger charge is 2.18. The van der Waals surface area contributed by atoms with E-state index >= 15 is 0 Å². The van der Waals surface area contributed by atoms with Gasteiger partial charge in [-0.1, -0.05) is 13.8 Å². The fraction of sp³-hybridized carbons (Fsp3) is 0.800. The van der Waals surface area contributed by atoms with Crippen molar-refractivity contribution in [2.24, 2.45) is 0 Å². The van der Waals surface area contributed by atoms with Crippen LogP contribution in [0.25, 0.3) is 0 Å². The van der Waals surface area contributed by atoms with Crippen LogP contribution in [0.1, 0.15) is 13.8 Å².